The topological polar surface area (TPSA) is 63.6 Å². The number of carbonyl (C=O) groups excluding carboxylic acids is 2. The number of ether oxygens (including phenoxy) is 1. The zero-order valence-electron chi connectivity index (χ0n) is 24.7. The maximum Gasteiger partial charge on any atom is 0.302 e. The van der Waals surface area contributed by atoms with Gasteiger partial charge in [0.1, 0.15) is 11.9 Å². The molecule has 4 heteroatoms. The maximum absolute atomic E-state index is 14.3. The molecule has 4 nitrogen and oxygen atoms in total. The predicted octanol–water partition coefficient (Wildman–Crippen LogP) is 7.22. The minimum atomic E-state index is -0.480. The second-order valence-corrected chi connectivity index (χ2v) is 15.2. The highest BCUT2D eigenvalue weighted by molar-refractivity contribution is 5.85. The molecule has 36 heavy (non-hydrogen) atoms. The summed E-state index contributed by atoms with van der Waals surface area (Å²) in [6.07, 6.45) is 8.50. The van der Waals surface area contributed by atoms with E-state index in [1.165, 1.54) is 32.6 Å². The largest absolute Gasteiger partial charge is 0.462 e. The number of hydrogen-bond acceptors (Lipinski definition) is 4. The lowest BCUT2D eigenvalue weighted by Crippen LogP contribution is -2.68. The first-order chi connectivity index (χ1) is 16.6. The van der Waals surface area contributed by atoms with Gasteiger partial charge in [0.25, 0.3) is 0 Å². The lowest BCUT2D eigenvalue weighted by molar-refractivity contribution is -0.230. The summed E-state index contributed by atoms with van der Waals surface area (Å²) >= 11 is 0. The second kappa shape index (κ2) is 9.38. The molecular weight excluding hydrogens is 448 g/mol. The minimum Gasteiger partial charge on any atom is -0.462 e. The summed E-state index contributed by atoms with van der Waals surface area (Å²) in [5.74, 6) is 2.15. The summed E-state index contributed by atoms with van der Waals surface area (Å²) in [5.41, 5.74) is -0.494. The first kappa shape index (κ1) is 28.1. The van der Waals surface area contributed by atoms with Crippen molar-refractivity contribution in [1.82, 2.24) is 0 Å². The maximum atomic E-state index is 14.3. The van der Waals surface area contributed by atoms with Crippen LogP contribution >= 0.6 is 0 Å². The molecule has 0 radical (unpaired) electrons. The second-order valence-electron chi connectivity index (χ2n) is 15.2. The Bertz CT molecular complexity index is 862. The van der Waals surface area contributed by atoms with E-state index in [-0.39, 0.29) is 51.5 Å². The van der Waals surface area contributed by atoms with E-state index in [9.17, 15) is 14.7 Å². The van der Waals surface area contributed by atoms with Crippen LogP contribution in [-0.2, 0) is 14.3 Å². The van der Waals surface area contributed by atoms with Crippen LogP contribution in [0.15, 0.2) is 0 Å². The quantitative estimate of drug-likeness (QED) is 0.390. The van der Waals surface area contributed by atoms with Gasteiger partial charge in [0.05, 0.1) is 6.10 Å². The number of rotatable bonds is 6. The summed E-state index contributed by atoms with van der Waals surface area (Å²) in [6, 6.07) is 0. The highest BCUT2D eigenvalue weighted by atomic mass is 16.5. The van der Waals surface area contributed by atoms with Gasteiger partial charge in [0, 0.05) is 30.6 Å². The van der Waals surface area contributed by atoms with Crippen molar-refractivity contribution in [2.45, 2.75) is 132 Å². The van der Waals surface area contributed by atoms with Crippen molar-refractivity contribution in [1.29, 1.82) is 0 Å². The molecular formula is C32H54O4. The molecule has 0 aromatic carbocycles. The van der Waals surface area contributed by atoms with Gasteiger partial charge in [0.15, 0.2) is 0 Å². The smallest absolute Gasteiger partial charge is 0.302 e. The predicted molar refractivity (Wildman–Crippen MR) is 144 cm³/mol. The van der Waals surface area contributed by atoms with Gasteiger partial charge in [-0.05, 0) is 72.0 Å². The fourth-order valence-electron chi connectivity index (χ4n) is 10.6. The molecule has 0 spiro atoms. The third kappa shape index (κ3) is 4.11. The number of carbonyl (C=O) groups is 2. The van der Waals surface area contributed by atoms with E-state index in [4.69, 9.17) is 4.74 Å². The summed E-state index contributed by atoms with van der Waals surface area (Å²) < 4.78 is 5.79. The molecule has 0 amide bonds. The number of ketones is 1. The van der Waals surface area contributed by atoms with Crippen molar-refractivity contribution in [3.05, 3.63) is 0 Å². The number of esters is 1. The van der Waals surface area contributed by atoms with E-state index in [1.807, 2.05) is 0 Å². The molecule has 4 saturated carbocycles. The van der Waals surface area contributed by atoms with Gasteiger partial charge in [-0.25, -0.2) is 0 Å². The standard InChI is InChI=1S/C32H54O4/c1-19(2)11-10-12-20(3)22-13-16-31(8)28-23(34)17-25-29(5,6)26(36-21(4)33)14-15-30(25,7)27(28)24(35)18-32(22,31)9/h19-20,22-23,25-28,34H,10-18H2,1-9H3/t20-,22-,23+,25+,26+,27+,28-,30+,31+,32-/m1/s1. The Morgan fingerprint density at radius 2 is 1.69 bits per heavy atom. The van der Waals surface area contributed by atoms with Crippen LogP contribution in [0.4, 0.5) is 0 Å². The molecule has 10 atom stereocenters. The summed E-state index contributed by atoms with van der Waals surface area (Å²) in [4.78, 5) is 26.1. The van der Waals surface area contributed by atoms with Crippen LogP contribution in [0.1, 0.15) is 120 Å². The number of Topliss-reactive ketones (excluding diaryl/α,β-unsaturated/α-hetero) is 1. The molecule has 4 fully saturated rings. The fourth-order valence-corrected chi connectivity index (χ4v) is 10.6. The van der Waals surface area contributed by atoms with Crippen molar-refractivity contribution in [2.24, 2.45) is 57.2 Å². The van der Waals surface area contributed by atoms with Crippen LogP contribution in [0, 0.1) is 57.2 Å². The van der Waals surface area contributed by atoms with Gasteiger partial charge < -0.3 is 9.84 Å². The Labute approximate surface area is 220 Å². The van der Waals surface area contributed by atoms with E-state index >= 15 is 0 Å². The normalized spacial score (nSPS) is 46.6. The van der Waals surface area contributed by atoms with Gasteiger partial charge in [-0.1, -0.05) is 74.7 Å². The van der Waals surface area contributed by atoms with Crippen LogP contribution in [0.2, 0.25) is 0 Å². The third-order valence-electron chi connectivity index (χ3n) is 12.6. The Balaban J connectivity index is 1.65. The Morgan fingerprint density at radius 1 is 1.03 bits per heavy atom. The highest BCUT2D eigenvalue weighted by Gasteiger charge is 2.72. The zero-order chi connectivity index (χ0) is 26.8. The van der Waals surface area contributed by atoms with Crippen LogP contribution in [0.3, 0.4) is 0 Å². The number of hydrogen-bond donors (Lipinski definition) is 1. The molecule has 4 aliphatic carbocycles. The fraction of sp³-hybridized carbons (Fsp3) is 0.938. The van der Waals surface area contributed by atoms with Crippen molar-refractivity contribution in [3.8, 4) is 0 Å². The van der Waals surface area contributed by atoms with E-state index in [1.54, 1.807) is 0 Å². The average Bonchev–Trinajstić information content (AvgIpc) is 3.02. The van der Waals surface area contributed by atoms with Crippen molar-refractivity contribution >= 4 is 11.8 Å². The molecule has 206 valence electrons. The van der Waals surface area contributed by atoms with E-state index in [0.717, 1.165) is 25.2 Å². The van der Waals surface area contributed by atoms with Crippen LogP contribution in [0.25, 0.3) is 0 Å². The van der Waals surface area contributed by atoms with E-state index in [2.05, 4.69) is 55.4 Å². The van der Waals surface area contributed by atoms with Crippen molar-refractivity contribution in [3.63, 3.8) is 0 Å². The van der Waals surface area contributed by atoms with Gasteiger partial charge in [0.2, 0.25) is 0 Å². The Morgan fingerprint density at radius 3 is 2.31 bits per heavy atom. The molecule has 0 unspecified atom stereocenters. The Hall–Kier alpha value is -0.900. The lowest BCUT2D eigenvalue weighted by Gasteiger charge is -2.67. The molecule has 0 aromatic rings. The van der Waals surface area contributed by atoms with Crippen LogP contribution in [0.5, 0.6) is 0 Å². The highest BCUT2D eigenvalue weighted by Crippen LogP contribution is 2.74. The van der Waals surface area contributed by atoms with E-state index < -0.39 is 6.10 Å². The van der Waals surface area contributed by atoms with Gasteiger partial charge in [-0.2, -0.15) is 0 Å². The third-order valence-corrected chi connectivity index (χ3v) is 12.6. The molecule has 0 bridgehead atoms. The average molecular weight is 503 g/mol. The van der Waals surface area contributed by atoms with Crippen molar-refractivity contribution in [2.75, 3.05) is 0 Å². The van der Waals surface area contributed by atoms with Crippen LogP contribution < -0.4 is 0 Å². The molecule has 1 N–H and O–H groups in total. The van der Waals surface area contributed by atoms with Crippen molar-refractivity contribution < 1.29 is 19.4 Å². The van der Waals surface area contributed by atoms with Gasteiger partial charge in [-0.3, -0.25) is 9.59 Å². The lowest BCUT2D eigenvalue weighted by atomic mass is 9.37. The number of fused-ring (bicyclic) bond motifs is 5. The summed E-state index contributed by atoms with van der Waals surface area (Å²) in [5, 5.41) is 11.9. The summed E-state index contributed by atoms with van der Waals surface area (Å²) in [7, 11) is 0. The summed E-state index contributed by atoms with van der Waals surface area (Å²) in [6.45, 7) is 20.1. The SMILES string of the molecule is CC(=O)O[C@H]1CC[C@]2(C)[C@H]3C(=O)C[C@]4(C)[C@@H]([C@H](C)CCCC(C)C)CC[C@@]4(C)[C@@H]3[C@@H](O)C[C@H]2C1(C)C. The monoisotopic (exact) mass is 502 g/mol. The molecule has 0 aromatic heterocycles. The first-order valence-corrected chi connectivity index (χ1v) is 15.0. The molecule has 0 heterocycles. The molecule has 4 rings (SSSR count). The molecule has 0 aliphatic heterocycles. The zero-order valence-corrected chi connectivity index (χ0v) is 24.7. The van der Waals surface area contributed by atoms with E-state index in [0.29, 0.717) is 30.5 Å². The van der Waals surface area contributed by atoms with Gasteiger partial charge >= 0.3 is 5.97 Å². The minimum absolute atomic E-state index is 0.0210. The molecule has 4 aliphatic rings. The molecule has 0 saturated heterocycles. The number of aliphatic hydroxyl groups excluding tert-OH is 1. The van der Waals surface area contributed by atoms with Gasteiger partial charge in [-0.15, -0.1) is 0 Å². The number of aliphatic hydroxyl groups is 1. The van der Waals surface area contributed by atoms with Crippen LogP contribution in [-0.4, -0.2) is 29.1 Å². The first-order valence-electron chi connectivity index (χ1n) is 15.0. The Kier molecular flexibility index (Phi) is 7.33.